The molecule has 0 saturated carbocycles. The lowest BCUT2D eigenvalue weighted by Crippen LogP contribution is -2.43. The van der Waals surface area contributed by atoms with Crippen LogP contribution in [0, 0.1) is 0 Å². The number of fused-ring (bicyclic) bond motifs is 1. The van der Waals surface area contributed by atoms with Gasteiger partial charge in [0.25, 0.3) is 11.1 Å². The maximum absolute atomic E-state index is 13.1. The first-order valence-corrected chi connectivity index (χ1v) is 12.6. The summed E-state index contributed by atoms with van der Waals surface area (Å²) in [5, 5.41) is 4.82. The van der Waals surface area contributed by atoms with E-state index in [0.29, 0.717) is 23.7 Å². The van der Waals surface area contributed by atoms with E-state index in [1.807, 2.05) is 13.0 Å². The molecule has 0 radical (unpaired) electrons. The van der Waals surface area contributed by atoms with Crippen molar-refractivity contribution >= 4 is 28.3 Å². The molecule has 0 aliphatic rings. The second kappa shape index (κ2) is 11.7. The summed E-state index contributed by atoms with van der Waals surface area (Å²) in [5.41, 5.74) is 4.38. The molecule has 2 aromatic carbocycles. The van der Waals surface area contributed by atoms with Crippen LogP contribution in [0.3, 0.4) is 0 Å². The molecule has 2 aromatic heterocycles. The molecule has 0 aliphatic heterocycles. The van der Waals surface area contributed by atoms with Crippen molar-refractivity contribution in [2.24, 2.45) is 7.05 Å². The van der Waals surface area contributed by atoms with E-state index < -0.39 is 35.2 Å². The fourth-order valence-electron chi connectivity index (χ4n) is 4.28. The van der Waals surface area contributed by atoms with Crippen LogP contribution in [0.4, 0.5) is 5.82 Å². The Kier molecular flexibility index (Phi) is 8.18. The van der Waals surface area contributed by atoms with Crippen LogP contribution >= 0.6 is 0 Å². The largest absolute Gasteiger partial charge is 0.452 e. The topological polar surface area (TPSA) is 148 Å². The number of Topliss-reactive ketones (excluding diaryl/α,β-unsaturated/α-hetero) is 1. The van der Waals surface area contributed by atoms with E-state index >= 15 is 0 Å². The highest BCUT2D eigenvalue weighted by Gasteiger charge is 2.24. The Labute approximate surface area is 223 Å². The maximum atomic E-state index is 13.1. The lowest BCUT2D eigenvalue weighted by molar-refractivity contribution is 0.0468. The van der Waals surface area contributed by atoms with Crippen molar-refractivity contribution in [3.63, 3.8) is 0 Å². The number of anilines is 1. The molecule has 0 unspecified atom stereocenters. The predicted octanol–water partition coefficient (Wildman–Crippen LogP) is 2.12. The molecule has 0 atom stereocenters. The minimum absolute atomic E-state index is 0.0369. The number of benzene rings is 2. The average molecular weight is 532 g/mol. The first-order chi connectivity index (χ1) is 18.7. The molecule has 2 N–H and O–H groups in total. The number of ketones is 1. The molecule has 0 bridgehead atoms. The summed E-state index contributed by atoms with van der Waals surface area (Å²) in [6.07, 6.45) is 2.54. The van der Waals surface area contributed by atoms with Crippen LogP contribution < -0.4 is 22.5 Å². The third kappa shape index (κ3) is 5.57. The standard InChI is InChI=1S/C28H29N5O6/c1-3-4-10-15-33-25(35)20-14-9-8-13-19(20)23(30-33)27(37)39-17-21(34)22-24(29)32(28(38)31(2)26(22)36)16-18-11-6-5-7-12-18/h5-9,11-14H,3-4,10,15-17,29H2,1-2H3. The highest BCUT2D eigenvalue weighted by Crippen LogP contribution is 2.16. The van der Waals surface area contributed by atoms with Gasteiger partial charge < -0.3 is 10.5 Å². The summed E-state index contributed by atoms with van der Waals surface area (Å²) >= 11 is 0. The number of unbranched alkanes of at least 4 members (excludes halogenated alkanes) is 2. The highest BCUT2D eigenvalue weighted by molar-refractivity contribution is 6.05. The second-order valence-corrected chi connectivity index (χ2v) is 9.11. The molecule has 11 nitrogen and oxygen atoms in total. The normalized spacial score (nSPS) is 11.0. The van der Waals surface area contributed by atoms with E-state index in [-0.39, 0.29) is 23.6 Å². The summed E-state index contributed by atoms with van der Waals surface area (Å²) in [6.45, 7) is 1.58. The molecule has 0 saturated heterocycles. The van der Waals surface area contributed by atoms with Crippen molar-refractivity contribution in [3.8, 4) is 0 Å². The van der Waals surface area contributed by atoms with E-state index in [9.17, 15) is 24.0 Å². The number of esters is 1. The number of hydrogen-bond donors (Lipinski definition) is 1. The first kappa shape index (κ1) is 27.2. The van der Waals surface area contributed by atoms with Crippen LogP contribution in [0.25, 0.3) is 10.8 Å². The fourth-order valence-corrected chi connectivity index (χ4v) is 4.28. The Morgan fingerprint density at radius 1 is 0.923 bits per heavy atom. The Morgan fingerprint density at radius 3 is 2.28 bits per heavy atom. The van der Waals surface area contributed by atoms with Gasteiger partial charge in [-0.3, -0.25) is 23.5 Å². The van der Waals surface area contributed by atoms with Crippen molar-refractivity contribution in [2.45, 2.75) is 39.3 Å². The van der Waals surface area contributed by atoms with Gasteiger partial charge >= 0.3 is 11.7 Å². The zero-order chi connectivity index (χ0) is 28.1. The van der Waals surface area contributed by atoms with Crippen molar-refractivity contribution in [2.75, 3.05) is 12.3 Å². The minimum Gasteiger partial charge on any atom is -0.452 e. The van der Waals surface area contributed by atoms with Crippen molar-refractivity contribution < 1.29 is 14.3 Å². The zero-order valence-corrected chi connectivity index (χ0v) is 21.8. The third-order valence-corrected chi connectivity index (χ3v) is 6.41. The van der Waals surface area contributed by atoms with Crippen LogP contribution in [0.15, 0.2) is 69.0 Å². The number of hydrogen-bond acceptors (Lipinski definition) is 8. The van der Waals surface area contributed by atoms with Gasteiger partial charge in [-0.25, -0.2) is 14.3 Å². The SMILES string of the molecule is CCCCCn1nc(C(=O)OCC(=O)c2c(N)n(Cc3ccccc3)c(=O)n(C)c2=O)c2ccccc2c1=O. The monoisotopic (exact) mass is 531 g/mol. The molecule has 0 aliphatic carbocycles. The van der Waals surface area contributed by atoms with Gasteiger partial charge in [0.2, 0.25) is 5.78 Å². The number of ether oxygens (including phenoxy) is 1. The summed E-state index contributed by atoms with van der Waals surface area (Å²) < 4.78 is 8.38. The Bertz CT molecular complexity index is 1720. The average Bonchev–Trinajstić information content (AvgIpc) is 2.95. The smallest absolute Gasteiger partial charge is 0.359 e. The van der Waals surface area contributed by atoms with Crippen LogP contribution in [-0.4, -0.2) is 37.3 Å². The molecule has 202 valence electrons. The van der Waals surface area contributed by atoms with E-state index in [1.165, 1.54) is 11.7 Å². The van der Waals surface area contributed by atoms with Gasteiger partial charge in [0, 0.05) is 19.0 Å². The number of nitrogens with two attached hydrogens (primary N) is 1. The van der Waals surface area contributed by atoms with Gasteiger partial charge in [-0.15, -0.1) is 0 Å². The first-order valence-electron chi connectivity index (χ1n) is 12.6. The molecule has 0 fully saturated rings. The van der Waals surface area contributed by atoms with Crippen molar-refractivity contribution in [3.05, 3.63) is 103 Å². The van der Waals surface area contributed by atoms with E-state index in [2.05, 4.69) is 5.10 Å². The quantitative estimate of drug-likeness (QED) is 0.186. The molecule has 0 amide bonds. The van der Waals surface area contributed by atoms with Gasteiger partial charge in [-0.05, 0) is 18.1 Å². The Morgan fingerprint density at radius 2 is 1.59 bits per heavy atom. The second-order valence-electron chi connectivity index (χ2n) is 9.11. The van der Waals surface area contributed by atoms with Gasteiger partial charge in [-0.1, -0.05) is 68.3 Å². The highest BCUT2D eigenvalue weighted by atomic mass is 16.5. The number of carbonyl (C=O) groups is 2. The lowest BCUT2D eigenvalue weighted by atomic mass is 10.1. The summed E-state index contributed by atoms with van der Waals surface area (Å²) in [5.74, 6) is -2.12. The summed E-state index contributed by atoms with van der Waals surface area (Å²) in [4.78, 5) is 64.6. The molecular weight excluding hydrogens is 502 g/mol. The fraction of sp³-hybridized carbons (Fsp3) is 0.286. The van der Waals surface area contributed by atoms with Gasteiger partial charge in [0.05, 0.1) is 11.9 Å². The zero-order valence-electron chi connectivity index (χ0n) is 21.8. The van der Waals surface area contributed by atoms with Crippen LogP contribution in [0.5, 0.6) is 0 Å². The molecule has 11 heteroatoms. The summed E-state index contributed by atoms with van der Waals surface area (Å²) in [6, 6.07) is 15.5. The molecule has 4 aromatic rings. The minimum atomic E-state index is -0.934. The Hall–Kier alpha value is -4.80. The molecule has 4 rings (SSSR count). The number of aryl methyl sites for hydroxylation is 1. The van der Waals surface area contributed by atoms with E-state index in [0.717, 1.165) is 27.5 Å². The van der Waals surface area contributed by atoms with Crippen LogP contribution in [-0.2, 0) is 24.9 Å². The maximum Gasteiger partial charge on any atom is 0.359 e. The third-order valence-electron chi connectivity index (χ3n) is 6.41. The number of nitrogen functional groups attached to an aromatic ring is 1. The summed E-state index contributed by atoms with van der Waals surface area (Å²) in [7, 11) is 1.24. The number of carbonyl (C=O) groups excluding carboxylic acids is 2. The lowest BCUT2D eigenvalue weighted by Gasteiger charge is -2.15. The van der Waals surface area contributed by atoms with Crippen molar-refractivity contribution in [1.29, 1.82) is 0 Å². The molecular formula is C28H29N5O6. The van der Waals surface area contributed by atoms with Crippen LogP contribution in [0.2, 0.25) is 0 Å². The molecule has 0 spiro atoms. The van der Waals surface area contributed by atoms with Gasteiger partial charge in [0.1, 0.15) is 11.4 Å². The molecule has 39 heavy (non-hydrogen) atoms. The van der Waals surface area contributed by atoms with Gasteiger partial charge in [-0.2, -0.15) is 5.10 Å². The van der Waals surface area contributed by atoms with Gasteiger partial charge in [0.15, 0.2) is 12.3 Å². The number of nitrogens with zero attached hydrogens (tertiary/aromatic N) is 4. The molecule has 2 heterocycles. The number of aromatic nitrogens is 4. The number of rotatable bonds is 10. The van der Waals surface area contributed by atoms with Crippen molar-refractivity contribution in [1.82, 2.24) is 18.9 Å². The predicted molar refractivity (Wildman–Crippen MR) is 146 cm³/mol. The van der Waals surface area contributed by atoms with E-state index in [4.69, 9.17) is 10.5 Å². The Balaban J connectivity index is 1.63. The van der Waals surface area contributed by atoms with Crippen LogP contribution in [0.1, 0.15) is 52.6 Å². The van der Waals surface area contributed by atoms with E-state index in [1.54, 1.807) is 48.5 Å².